The number of carboxylic acid groups (broad SMARTS) is 1. The van der Waals surface area contributed by atoms with E-state index in [0.29, 0.717) is 16.8 Å². The van der Waals surface area contributed by atoms with Crippen molar-refractivity contribution in [3.63, 3.8) is 0 Å². The van der Waals surface area contributed by atoms with Crippen molar-refractivity contribution in [2.45, 2.75) is 38.4 Å². The molecular formula is C19H22FN3O6. The minimum Gasteiger partial charge on any atom is -0.497 e. The van der Waals surface area contributed by atoms with Gasteiger partial charge in [-0.05, 0) is 24.0 Å². The van der Waals surface area contributed by atoms with Crippen molar-refractivity contribution in [1.29, 1.82) is 0 Å². The molecule has 3 heterocycles. The average Bonchev–Trinajstić information content (AvgIpc) is 2.83. The molecule has 3 aliphatic heterocycles. The molecule has 3 N–H and O–H groups in total. The monoisotopic (exact) mass is 407 g/mol. The van der Waals surface area contributed by atoms with Crippen LogP contribution in [0.2, 0.25) is 0 Å². The van der Waals surface area contributed by atoms with E-state index in [0.717, 1.165) is 0 Å². The maximum absolute atomic E-state index is 13.1. The lowest BCUT2D eigenvalue weighted by Gasteiger charge is -2.31. The summed E-state index contributed by atoms with van der Waals surface area (Å²) in [6.45, 7) is 2.07. The van der Waals surface area contributed by atoms with Gasteiger partial charge in [0.25, 0.3) is 11.8 Å². The van der Waals surface area contributed by atoms with Gasteiger partial charge in [0.1, 0.15) is 24.7 Å². The van der Waals surface area contributed by atoms with E-state index >= 15 is 0 Å². The second-order valence-corrected chi connectivity index (χ2v) is 7.31. The molecule has 0 saturated heterocycles. The molecule has 29 heavy (non-hydrogen) atoms. The van der Waals surface area contributed by atoms with Crippen molar-refractivity contribution in [2.75, 3.05) is 13.3 Å². The van der Waals surface area contributed by atoms with Crippen LogP contribution in [0.5, 0.6) is 0 Å². The number of amides is 3. The van der Waals surface area contributed by atoms with Gasteiger partial charge in [-0.1, -0.05) is 19.9 Å². The van der Waals surface area contributed by atoms with Crippen LogP contribution in [0.15, 0.2) is 35.3 Å². The first-order chi connectivity index (χ1) is 13.8. The van der Waals surface area contributed by atoms with Crippen LogP contribution in [0.25, 0.3) is 0 Å². The van der Waals surface area contributed by atoms with Crippen LogP contribution in [-0.2, 0) is 23.9 Å². The van der Waals surface area contributed by atoms with Gasteiger partial charge < -0.3 is 20.5 Å². The van der Waals surface area contributed by atoms with Crippen LogP contribution in [0.4, 0.5) is 4.39 Å². The van der Waals surface area contributed by atoms with Gasteiger partial charge >= 0.3 is 5.97 Å². The Balaban J connectivity index is 1.92. The topological polar surface area (TPSA) is 125 Å². The van der Waals surface area contributed by atoms with Crippen LogP contribution in [0.3, 0.4) is 0 Å². The van der Waals surface area contributed by atoms with Gasteiger partial charge in [-0.15, -0.1) is 0 Å². The molecule has 0 radical (unpaired) electrons. The van der Waals surface area contributed by atoms with Gasteiger partial charge in [0.05, 0.1) is 12.0 Å². The van der Waals surface area contributed by atoms with Crippen molar-refractivity contribution >= 4 is 23.7 Å². The number of carboxylic acids is 1. The molecule has 0 aromatic rings. The zero-order valence-electron chi connectivity index (χ0n) is 16.0. The number of allylic oxidation sites excluding steroid dienone is 1. The third-order valence-electron chi connectivity index (χ3n) is 5.07. The smallest absolute Gasteiger partial charge is 0.327 e. The third-order valence-corrected chi connectivity index (χ3v) is 5.07. The van der Waals surface area contributed by atoms with Gasteiger partial charge in [0.2, 0.25) is 5.91 Å². The molecule has 0 bridgehead atoms. The first-order valence-corrected chi connectivity index (χ1v) is 9.19. The largest absolute Gasteiger partial charge is 0.497 e. The highest BCUT2D eigenvalue weighted by Crippen LogP contribution is 2.38. The first-order valence-electron chi connectivity index (χ1n) is 9.19. The summed E-state index contributed by atoms with van der Waals surface area (Å²) in [6, 6.07) is -3.27. The molecule has 0 saturated carbocycles. The lowest BCUT2D eigenvalue weighted by molar-refractivity contribution is -0.148. The third kappa shape index (κ3) is 3.74. The fourth-order valence-corrected chi connectivity index (χ4v) is 3.66. The summed E-state index contributed by atoms with van der Waals surface area (Å²) >= 11 is 0. The van der Waals surface area contributed by atoms with Crippen molar-refractivity contribution < 1.29 is 33.4 Å². The molecule has 156 valence electrons. The van der Waals surface area contributed by atoms with Crippen LogP contribution in [-0.4, -0.2) is 65.1 Å². The number of nitrogens with zero attached hydrogens (tertiary/aromatic N) is 1. The molecule has 0 aromatic heterocycles. The number of hydrogen-bond acceptors (Lipinski definition) is 5. The summed E-state index contributed by atoms with van der Waals surface area (Å²) in [4.78, 5) is 50.1. The second kappa shape index (κ2) is 8.06. The Hall–Kier alpha value is -3.17. The number of halogens is 1. The minimum atomic E-state index is -1.27. The quantitative estimate of drug-likeness (QED) is 0.570. The summed E-state index contributed by atoms with van der Waals surface area (Å²) < 4.78 is 18.0. The molecule has 9 nitrogen and oxygen atoms in total. The predicted molar refractivity (Wildman–Crippen MR) is 97.8 cm³/mol. The summed E-state index contributed by atoms with van der Waals surface area (Å²) in [7, 11) is 0. The van der Waals surface area contributed by atoms with Gasteiger partial charge in [-0.25, -0.2) is 9.18 Å². The van der Waals surface area contributed by atoms with E-state index < -0.39 is 48.5 Å². The molecule has 3 aliphatic rings. The molecule has 0 aliphatic carbocycles. The normalized spacial score (nSPS) is 23.8. The van der Waals surface area contributed by atoms with Crippen molar-refractivity contribution in [3.05, 3.63) is 35.3 Å². The fourth-order valence-electron chi connectivity index (χ4n) is 3.66. The Morgan fingerprint density at radius 3 is 2.72 bits per heavy atom. The zero-order valence-corrected chi connectivity index (χ0v) is 16.0. The lowest BCUT2D eigenvalue weighted by Crippen LogP contribution is -2.55. The van der Waals surface area contributed by atoms with Crippen molar-refractivity contribution in [2.24, 2.45) is 5.92 Å². The standard InChI is InChI=1S/C19H22FN3O6/c1-9(2)14(21-13(24)7-20)17(25)22-15-11-8-29-6-5-10-3-4-12(19(27)28)23(16(10)11)18(15)26/h3,5-6,9,12,14-15H,4,7-8H2,1-2H3,(H,21,24)(H,22,25)(H,27,28)/t12-,14?,15-/m0/s1. The molecule has 0 spiro atoms. The number of alkyl halides is 1. The zero-order chi connectivity index (χ0) is 21.3. The minimum absolute atomic E-state index is 0.00805. The van der Waals surface area contributed by atoms with E-state index in [1.165, 1.54) is 11.2 Å². The Morgan fingerprint density at radius 1 is 1.38 bits per heavy atom. The number of carbonyl (C=O) groups is 4. The first kappa shape index (κ1) is 20.6. The van der Waals surface area contributed by atoms with E-state index in [9.17, 15) is 28.7 Å². The molecule has 3 amide bonds. The van der Waals surface area contributed by atoms with Gasteiger partial charge in [-0.2, -0.15) is 0 Å². The summed E-state index contributed by atoms with van der Waals surface area (Å²) in [5, 5.41) is 14.4. The van der Waals surface area contributed by atoms with E-state index in [-0.39, 0.29) is 18.9 Å². The molecule has 3 atom stereocenters. The summed E-state index contributed by atoms with van der Waals surface area (Å²) in [6.07, 6.45) is 4.93. The van der Waals surface area contributed by atoms with E-state index in [1.807, 2.05) is 0 Å². The predicted octanol–water partition coefficient (Wildman–Crippen LogP) is 0.00500. The number of carbonyl (C=O) groups excluding carboxylic acids is 3. The molecule has 0 fully saturated rings. The van der Waals surface area contributed by atoms with Gasteiger partial charge in [0, 0.05) is 5.57 Å². The molecule has 0 aromatic carbocycles. The second-order valence-electron chi connectivity index (χ2n) is 7.31. The van der Waals surface area contributed by atoms with Gasteiger partial charge in [0.15, 0.2) is 6.67 Å². The maximum Gasteiger partial charge on any atom is 0.327 e. The lowest BCUT2D eigenvalue weighted by atomic mass is 9.98. The van der Waals surface area contributed by atoms with Crippen molar-refractivity contribution in [1.82, 2.24) is 15.5 Å². The van der Waals surface area contributed by atoms with E-state index in [4.69, 9.17) is 4.74 Å². The Labute approximate surface area is 166 Å². The number of hydrogen-bond donors (Lipinski definition) is 3. The highest BCUT2D eigenvalue weighted by molar-refractivity contribution is 6.00. The SMILES string of the molecule is CC(C)C(NC(=O)CF)C(=O)N[C@@H]1C(=O)N2C3=C1COC=CC3=CC[C@H]2C(=O)O. The fraction of sp³-hybridized carbons (Fsp3) is 0.474. The molecule has 10 heteroatoms. The van der Waals surface area contributed by atoms with Crippen LogP contribution in [0, 0.1) is 5.92 Å². The summed E-state index contributed by atoms with van der Waals surface area (Å²) in [5.41, 5.74) is 1.50. The van der Waals surface area contributed by atoms with Gasteiger partial charge in [-0.3, -0.25) is 19.3 Å². The average molecular weight is 407 g/mol. The van der Waals surface area contributed by atoms with Crippen molar-refractivity contribution in [3.8, 4) is 0 Å². The van der Waals surface area contributed by atoms with Crippen LogP contribution < -0.4 is 10.6 Å². The Morgan fingerprint density at radius 2 is 2.10 bits per heavy atom. The number of nitrogens with one attached hydrogen (secondary N) is 2. The van der Waals surface area contributed by atoms with Crippen LogP contribution >= 0.6 is 0 Å². The molecule has 1 unspecified atom stereocenters. The Bertz CT molecular complexity index is 847. The molecule has 3 rings (SSSR count). The number of ether oxygens (including phenoxy) is 1. The summed E-state index contributed by atoms with van der Waals surface area (Å²) in [5.74, 6) is -3.70. The van der Waals surface area contributed by atoms with Crippen LogP contribution in [0.1, 0.15) is 20.3 Å². The van der Waals surface area contributed by atoms with E-state index in [2.05, 4.69) is 10.6 Å². The Kier molecular flexibility index (Phi) is 5.71. The highest BCUT2D eigenvalue weighted by atomic mass is 19.1. The maximum atomic E-state index is 13.1. The molecular weight excluding hydrogens is 385 g/mol. The van der Waals surface area contributed by atoms with E-state index in [1.54, 1.807) is 26.0 Å². The number of aliphatic carboxylic acids is 1. The highest BCUT2D eigenvalue weighted by Gasteiger charge is 2.48. The number of rotatable bonds is 6.